The van der Waals surface area contributed by atoms with Gasteiger partial charge in [-0.05, 0) is 6.07 Å². The van der Waals surface area contributed by atoms with Crippen LogP contribution in [-0.2, 0) is 0 Å². The van der Waals surface area contributed by atoms with E-state index in [4.69, 9.17) is 0 Å². The molecule has 0 atom stereocenters. The van der Waals surface area contributed by atoms with Gasteiger partial charge in [-0.1, -0.05) is 0 Å². The molecule has 1 aromatic rings. The number of hydrogen-bond acceptors (Lipinski definition) is 3. The molecular formula is C6H7N3O. The molecule has 0 aliphatic heterocycles. The van der Waals surface area contributed by atoms with Gasteiger partial charge in [0, 0.05) is 12.4 Å². The normalized spacial score (nSPS) is 11.5. The van der Waals surface area contributed by atoms with Crippen molar-refractivity contribution in [2.24, 2.45) is 0 Å². The van der Waals surface area contributed by atoms with Crippen molar-refractivity contribution in [2.75, 3.05) is 7.05 Å². The van der Waals surface area contributed by atoms with Gasteiger partial charge in [0.15, 0.2) is 0 Å². The zero-order chi connectivity index (χ0) is 7.40. The number of hydrogen-bond donors (Lipinski definition) is 0. The highest BCUT2D eigenvalue weighted by Crippen LogP contribution is 1.80. The second-order valence-corrected chi connectivity index (χ2v) is 1.78. The summed E-state index contributed by atoms with van der Waals surface area (Å²) in [6.07, 6.45) is 4.48. The van der Waals surface area contributed by atoms with Crippen LogP contribution in [0.25, 0.3) is 0 Å². The third-order valence-corrected chi connectivity index (χ3v) is 0.883. The second-order valence-electron chi connectivity index (χ2n) is 1.78. The summed E-state index contributed by atoms with van der Waals surface area (Å²) in [6.45, 7) is 0. The molecule has 1 heterocycles. The molecule has 1 rings (SSSR count). The van der Waals surface area contributed by atoms with Crippen LogP contribution in [0.5, 0.6) is 0 Å². The van der Waals surface area contributed by atoms with Crippen LogP contribution in [0.2, 0.25) is 0 Å². The van der Waals surface area contributed by atoms with E-state index in [0.717, 1.165) is 0 Å². The summed E-state index contributed by atoms with van der Waals surface area (Å²) >= 11 is 0. The zero-order valence-corrected chi connectivity index (χ0v) is 5.56. The smallest absolute Gasteiger partial charge is 0.219 e. The van der Waals surface area contributed by atoms with Gasteiger partial charge in [-0.3, -0.25) is 0 Å². The van der Waals surface area contributed by atoms with Crippen molar-refractivity contribution in [1.29, 1.82) is 0 Å². The summed E-state index contributed by atoms with van der Waals surface area (Å²) in [4.78, 5) is 7.62. The van der Waals surface area contributed by atoms with Crippen molar-refractivity contribution in [2.45, 2.75) is 0 Å². The van der Waals surface area contributed by atoms with Crippen LogP contribution in [0.3, 0.4) is 0 Å². The largest absolute Gasteiger partial charge is 0.624 e. The molecule has 10 heavy (non-hydrogen) atoms. The van der Waals surface area contributed by atoms with Crippen molar-refractivity contribution >= 4 is 6.21 Å². The Labute approximate surface area is 58.5 Å². The molecule has 0 bridgehead atoms. The van der Waals surface area contributed by atoms with E-state index in [2.05, 4.69) is 9.97 Å². The first-order chi connectivity index (χ1) is 4.79. The van der Waals surface area contributed by atoms with Gasteiger partial charge < -0.3 is 5.21 Å². The molecule has 0 aliphatic carbocycles. The second kappa shape index (κ2) is 2.91. The Morgan fingerprint density at radius 1 is 1.50 bits per heavy atom. The average Bonchev–Trinajstić information content (AvgIpc) is 1.88. The van der Waals surface area contributed by atoms with E-state index < -0.39 is 0 Å². The Bertz CT molecular complexity index is 228. The van der Waals surface area contributed by atoms with E-state index in [-0.39, 0.29) is 0 Å². The van der Waals surface area contributed by atoms with Gasteiger partial charge in [0.2, 0.25) is 12.0 Å². The average molecular weight is 137 g/mol. The van der Waals surface area contributed by atoms with Gasteiger partial charge in [0.25, 0.3) is 0 Å². The predicted octanol–water partition coefficient (Wildman–Crippen LogP) is 0.0356. The van der Waals surface area contributed by atoms with E-state index in [9.17, 15) is 5.21 Å². The lowest BCUT2D eigenvalue weighted by Gasteiger charge is -1.92. The molecule has 0 fully saturated rings. The van der Waals surface area contributed by atoms with Gasteiger partial charge >= 0.3 is 0 Å². The SMILES string of the molecule is C[N+]([O-])=Cc1ncccn1. The number of hydroxylamine groups is 1. The summed E-state index contributed by atoms with van der Waals surface area (Å²) in [5.74, 6) is 0.431. The molecule has 0 aromatic carbocycles. The first-order valence-corrected chi connectivity index (χ1v) is 2.81. The minimum atomic E-state index is 0.431. The summed E-state index contributed by atoms with van der Waals surface area (Å²) in [5.41, 5.74) is 0. The molecule has 52 valence electrons. The van der Waals surface area contributed by atoms with Crippen LogP contribution in [0.4, 0.5) is 0 Å². The number of aromatic nitrogens is 2. The Kier molecular flexibility index (Phi) is 1.94. The Morgan fingerprint density at radius 2 is 2.10 bits per heavy atom. The maximum atomic E-state index is 10.4. The van der Waals surface area contributed by atoms with Crippen molar-refractivity contribution in [1.82, 2.24) is 9.97 Å². The third-order valence-electron chi connectivity index (χ3n) is 0.883. The number of nitrogens with zero attached hydrogens (tertiary/aromatic N) is 3. The maximum Gasteiger partial charge on any atom is 0.219 e. The highest BCUT2D eigenvalue weighted by atomic mass is 16.5. The monoisotopic (exact) mass is 137 g/mol. The van der Waals surface area contributed by atoms with Crippen molar-refractivity contribution in [3.63, 3.8) is 0 Å². The van der Waals surface area contributed by atoms with E-state index in [0.29, 0.717) is 10.6 Å². The molecule has 1 aromatic heterocycles. The van der Waals surface area contributed by atoms with E-state index in [1.807, 2.05) is 0 Å². The molecule has 4 nitrogen and oxygen atoms in total. The summed E-state index contributed by atoms with van der Waals surface area (Å²) in [7, 11) is 1.39. The molecular weight excluding hydrogens is 130 g/mol. The van der Waals surface area contributed by atoms with Crippen LogP contribution < -0.4 is 0 Å². The van der Waals surface area contributed by atoms with Gasteiger partial charge in [0.1, 0.15) is 7.05 Å². The zero-order valence-electron chi connectivity index (χ0n) is 5.56. The maximum absolute atomic E-state index is 10.4. The summed E-state index contributed by atoms with van der Waals surface area (Å²) in [5, 5.41) is 10.4. The molecule has 4 heteroatoms. The van der Waals surface area contributed by atoms with Crippen molar-refractivity contribution in [3.8, 4) is 0 Å². The van der Waals surface area contributed by atoms with Crippen molar-refractivity contribution in [3.05, 3.63) is 29.5 Å². The molecule has 0 saturated carbocycles. The Morgan fingerprint density at radius 3 is 2.60 bits per heavy atom. The van der Waals surface area contributed by atoms with E-state index >= 15 is 0 Å². The minimum absolute atomic E-state index is 0.431. The first-order valence-electron chi connectivity index (χ1n) is 2.81. The van der Waals surface area contributed by atoms with Crippen LogP contribution in [0.15, 0.2) is 18.5 Å². The van der Waals surface area contributed by atoms with E-state index in [1.165, 1.54) is 13.3 Å². The molecule has 0 amide bonds. The summed E-state index contributed by atoms with van der Waals surface area (Å²) in [6, 6.07) is 1.70. The Balaban J connectivity index is 2.87. The summed E-state index contributed by atoms with van der Waals surface area (Å²) < 4.78 is 0.662. The molecule has 0 aliphatic rings. The molecule has 0 spiro atoms. The highest BCUT2D eigenvalue weighted by Gasteiger charge is 1.90. The lowest BCUT2D eigenvalue weighted by atomic mass is 10.6. The molecule has 0 N–H and O–H groups in total. The first kappa shape index (κ1) is 6.67. The quantitative estimate of drug-likeness (QED) is 0.237. The lowest BCUT2D eigenvalue weighted by Crippen LogP contribution is -2.01. The van der Waals surface area contributed by atoms with Gasteiger partial charge in [-0.2, -0.15) is 0 Å². The predicted molar refractivity (Wildman–Crippen MR) is 36.7 cm³/mol. The minimum Gasteiger partial charge on any atom is -0.624 e. The lowest BCUT2D eigenvalue weighted by molar-refractivity contribution is -0.417. The van der Waals surface area contributed by atoms with Gasteiger partial charge in [-0.25, -0.2) is 14.7 Å². The topological polar surface area (TPSA) is 51.9 Å². The van der Waals surface area contributed by atoms with Crippen LogP contribution in [-0.4, -0.2) is 28.0 Å². The van der Waals surface area contributed by atoms with Crippen LogP contribution in [0.1, 0.15) is 5.82 Å². The third kappa shape index (κ3) is 1.81. The van der Waals surface area contributed by atoms with Crippen LogP contribution >= 0.6 is 0 Å². The fourth-order valence-corrected chi connectivity index (χ4v) is 0.540. The molecule has 0 radical (unpaired) electrons. The molecule has 0 unspecified atom stereocenters. The van der Waals surface area contributed by atoms with Gasteiger partial charge in [0.05, 0.1) is 0 Å². The fraction of sp³-hybridized carbons (Fsp3) is 0.167. The number of rotatable bonds is 1. The van der Waals surface area contributed by atoms with Crippen LogP contribution in [0, 0.1) is 5.21 Å². The van der Waals surface area contributed by atoms with E-state index in [1.54, 1.807) is 18.5 Å². The highest BCUT2D eigenvalue weighted by molar-refractivity contribution is 5.69. The fourth-order valence-electron chi connectivity index (χ4n) is 0.540. The molecule has 0 saturated heterocycles. The van der Waals surface area contributed by atoms with Gasteiger partial charge in [-0.15, -0.1) is 0 Å². The Hall–Kier alpha value is -1.45. The standard InChI is InChI=1S/C6H7N3O/c1-9(10)5-6-7-3-2-4-8-6/h2-5H,1H3. The van der Waals surface area contributed by atoms with Crippen molar-refractivity contribution < 1.29 is 4.74 Å².